The van der Waals surface area contributed by atoms with E-state index >= 15 is 0 Å². The molecule has 1 spiro atoms. The molecule has 1 atom stereocenters. The molecule has 1 fully saturated rings. The molecule has 0 radical (unpaired) electrons. The summed E-state index contributed by atoms with van der Waals surface area (Å²) in [6, 6.07) is 5.66. The SMILES string of the molecule is O=C1C[C@@]2(CCc3cc(C(=O)NCO)ccc3C2)CN1. The van der Waals surface area contributed by atoms with Gasteiger partial charge < -0.3 is 15.7 Å². The van der Waals surface area contributed by atoms with Crippen molar-refractivity contribution in [1.82, 2.24) is 10.6 Å². The number of amides is 2. The number of aryl methyl sites for hydroxylation is 1. The Morgan fingerprint density at radius 2 is 2.20 bits per heavy atom. The molecule has 106 valence electrons. The number of benzene rings is 1. The quantitative estimate of drug-likeness (QED) is 0.681. The fourth-order valence-electron chi connectivity index (χ4n) is 3.29. The monoisotopic (exact) mass is 274 g/mol. The summed E-state index contributed by atoms with van der Waals surface area (Å²) in [5.74, 6) is -0.110. The summed E-state index contributed by atoms with van der Waals surface area (Å²) in [5, 5.41) is 14.0. The predicted molar refractivity (Wildman–Crippen MR) is 73.1 cm³/mol. The molecule has 1 aliphatic heterocycles. The third-order valence-corrected chi connectivity index (χ3v) is 4.39. The number of aliphatic hydroxyl groups is 1. The summed E-state index contributed by atoms with van der Waals surface area (Å²) < 4.78 is 0. The molecule has 0 unspecified atom stereocenters. The summed E-state index contributed by atoms with van der Waals surface area (Å²) in [7, 11) is 0. The molecule has 1 aliphatic carbocycles. The molecule has 1 saturated heterocycles. The maximum absolute atomic E-state index is 11.7. The second-order valence-corrected chi connectivity index (χ2v) is 5.78. The average Bonchev–Trinajstić information content (AvgIpc) is 2.79. The van der Waals surface area contributed by atoms with Gasteiger partial charge in [-0.1, -0.05) is 6.07 Å². The summed E-state index contributed by atoms with van der Waals surface area (Å²) in [6.07, 6.45) is 3.37. The minimum atomic E-state index is -0.354. The van der Waals surface area contributed by atoms with Crippen molar-refractivity contribution in [2.45, 2.75) is 25.7 Å². The first kappa shape index (κ1) is 13.1. The van der Waals surface area contributed by atoms with Crippen molar-refractivity contribution in [1.29, 1.82) is 0 Å². The summed E-state index contributed by atoms with van der Waals surface area (Å²) in [6.45, 7) is 0.408. The first-order valence-corrected chi connectivity index (χ1v) is 6.89. The van der Waals surface area contributed by atoms with Gasteiger partial charge in [0.25, 0.3) is 5.91 Å². The zero-order chi connectivity index (χ0) is 14.2. The van der Waals surface area contributed by atoms with Crippen molar-refractivity contribution in [3.8, 4) is 0 Å². The Labute approximate surface area is 117 Å². The highest BCUT2D eigenvalue weighted by molar-refractivity contribution is 5.94. The van der Waals surface area contributed by atoms with Gasteiger partial charge in [-0.25, -0.2) is 0 Å². The van der Waals surface area contributed by atoms with E-state index in [0.29, 0.717) is 12.0 Å². The standard InChI is InChI=1S/C15H18N2O3/c18-9-17-14(20)11-1-2-12-6-15(4-3-10(12)5-11)7-13(19)16-8-15/h1-2,5,18H,3-4,6-9H2,(H,16,19)(H,17,20)/t15-/m0/s1. The molecule has 2 amide bonds. The lowest BCUT2D eigenvalue weighted by atomic mass is 9.71. The topological polar surface area (TPSA) is 78.4 Å². The van der Waals surface area contributed by atoms with Crippen LogP contribution in [0.1, 0.15) is 34.3 Å². The molecule has 2 aliphatic rings. The smallest absolute Gasteiger partial charge is 0.253 e. The second kappa shape index (κ2) is 4.90. The van der Waals surface area contributed by atoms with Crippen LogP contribution in [0.5, 0.6) is 0 Å². The Morgan fingerprint density at radius 1 is 1.35 bits per heavy atom. The van der Waals surface area contributed by atoms with E-state index in [1.165, 1.54) is 11.1 Å². The van der Waals surface area contributed by atoms with Crippen molar-refractivity contribution >= 4 is 11.8 Å². The van der Waals surface area contributed by atoms with E-state index in [1.54, 1.807) is 6.07 Å². The van der Waals surface area contributed by atoms with Gasteiger partial charge >= 0.3 is 0 Å². The average molecular weight is 274 g/mol. The maximum atomic E-state index is 11.7. The minimum absolute atomic E-state index is 0.0684. The Bertz CT molecular complexity index is 570. The predicted octanol–water partition coefficient (Wildman–Crippen LogP) is 0.361. The lowest BCUT2D eigenvalue weighted by molar-refractivity contribution is -0.119. The second-order valence-electron chi connectivity index (χ2n) is 5.78. The van der Waals surface area contributed by atoms with Crippen LogP contribution in [0.2, 0.25) is 0 Å². The molecule has 5 nitrogen and oxygen atoms in total. The van der Waals surface area contributed by atoms with Gasteiger partial charge in [0, 0.05) is 23.9 Å². The van der Waals surface area contributed by atoms with E-state index in [-0.39, 0.29) is 24.0 Å². The first-order valence-electron chi connectivity index (χ1n) is 6.89. The van der Waals surface area contributed by atoms with Gasteiger partial charge in [0.2, 0.25) is 5.91 Å². The number of rotatable bonds is 2. The van der Waals surface area contributed by atoms with E-state index in [1.807, 2.05) is 12.1 Å². The van der Waals surface area contributed by atoms with Crippen LogP contribution >= 0.6 is 0 Å². The van der Waals surface area contributed by atoms with E-state index in [4.69, 9.17) is 5.11 Å². The molecule has 3 N–H and O–H groups in total. The van der Waals surface area contributed by atoms with Crippen LogP contribution in [-0.2, 0) is 17.6 Å². The molecular formula is C15H18N2O3. The van der Waals surface area contributed by atoms with Crippen LogP contribution in [0.4, 0.5) is 0 Å². The van der Waals surface area contributed by atoms with E-state index in [2.05, 4.69) is 10.6 Å². The molecule has 20 heavy (non-hydrogen) atoms. The highest BCUT2D eigenvalue weighted by Crippen LogP contribution is 2.40. The molecule has 0 saturated carbocycles. The van der Waals surface area contributed by atoms with E-state index < -0.39 is 0 Å². The van der Waals surface area contributed by atoms with Crippen LogP contribution in [0, 0.1) is 5.41 Å². The number of aliphatic hydroxyl groups excluding tert-OH is 1. The highest BCUT2D eigenvalue weighted by Gasteiger charge is 2.40. The molecule has 0 aromatic heterocycles. The summed E-state index contributed by atoms with van der Waals surface area (Å²) in [5.41, 5.74) is 3.06. The van der Waals surface area contributed by atoms with E-state index in [0.717, 1.165) is 25.8 Å². The highest BCUT2D eigenvalue weighted by atomic mass is 16.3. The third-order valence-electron chi connectivity index (χ3n) is 4.39. The molecule has 5 heteroatoms. The van der Waals surface area contributed by atoms with Crippen LogP contribution in [0.15, 0.2) is 18.2 Å². The van der Waals surface area contributed by atoms with Crippen molar-refractivity contribution in [2.75, 3.05) is 13.3 Å². The Morgan fingerprint density at radius 3 is 2.90 bits per heavy atom. The zero-order valence-corrected chi connectivity index (χ0v) is 11.2. The van der Waals surface area contributed by atoms with Gasteiger partial charge in [0.15, 0.2) is 0 Å². The van der Waals surface area contributed by atoms with Crippen LogP contribution in [0.25, 0.3) is 0 Å². The van der Waals surface area contributed by atoms with Crippen molar-refractivity contribution in [3.05, 3.63) is 34.9 Å². The van der Waals surface area contributed by atoms with Gasteiger partial charge in [-0.05, 0) is 42.5 Å². The van der Waals surface area contributed by atoms with Gasteiger partial charge in [-0.3, -0.25) is 9.59 Å². The first-order chi connectivity index (χ1) is 9.62. The number of carbonyl (C=O) groups excluding carboxylic acids is 2. The van der Waals surface area contributed by atoms with Gasteiger partial charge in [0.1, 0.15) is 6.73 Å². The van der Waals surface area contributed by atoms with Crippen LogP contribution < -0.4 is 10.6 Å². The van der Waals surface area contributed by atoms with Crippen LogP contribution in [0.3, 0.4) is 0 Å². The fraction of sp³-hybridized carbons (Fsp3) is 0.467. The van der Waals surface area contributed by atoms with Crippen molar-refractivity contribution in [3.63, 3.8) is 0 Å². The van der Waals surface area contributed by atoms with Gasteiger partial charge in [0.05, 0.1) is 0 Å². The maximum Gasteiger partial charge on any atom is 0.253 e. The fourth-order valence-corrected chi connectivity index (χ4v) is 3.29. The molecule has 0 bridgehead atoms. The normalized spacial score (nSPS) is 24.4. The number of fused-ring (bicyclic) bond motifs is 1. The summed E-state index contributed by atoms with van der Waals surface area (Å²) >= 11 is 0. The zero-order valence-electron chi connectivity index (χ0n) is 11.2. The van der Waals surface area contributed by atoms with Gasteiger partial charge in [-0.2, -0.15) is 0 Å². The number of hydrogen-bond donors (Lipinski definition) is 3. The molecule has 1 heterocycles. The molecular weight excluding hydrogens is 256 g/mol. The van der Waals surface area contributed by atoms with Crippen molar-refractivity contribution < 1.29 is 14.7 Å². The number of nitrogens with one attached hydrogen (secondary N) is 2. The molecule has 1 aromatic rings. The van der Waals surface area contributed by atoms with Gasteiger partial charge in [-0.15, -0.1) is 0 Å². The lowest BCUT2D eigenvalue weighted by Gasteiger charge is -2.33. The number of hydrogen-bond acceptors (Lipinski definition) is 3. The molecule has 3 rings (SSSR count). The molecule has 1 aromatic carbocycles. The lowest BCUT2D eigenvalue weighted by Crippen LogP contribution is -2.31. The third kappa shape index (κ3) is 2.29. The van der Waals surface area contributed by atoms with Crippen molar-refractivity contribution in [2.24, 2.45) is 5.41 Å². The van der Waals surface area contributed by atoms with Crippen LogP contribution in [-0.4, -0.2) is 30.2 Å². The minimum Gasteiger partial charge on any atom is -0.376 e. The Balaban J connectivity index is 1.82. The summed E-state index contributed by atoms with van der Waals surface area (Å²) in [4.78, 5) is 23.2. The largest absolute Gasteiger partial charge is 0.376 e. The number of carbonyl (C=O) groups is 2. The van der Waals surface area contributed by atoms with E-state index in [9.17, 15) is 9.59 Å². The Kier molecular flexibility index (Phi) is 3.22. The Hall–Kier alpha value is -1.88.